The zero-order valence-electron chi connectivity index (χ0n) is 13.0. The van der Waals surface area contributed by atoms with Crippen LogP contribution in [-0.2, 0) is 18.1 Å². The van der Waals surface area contributed by atoms with Crippen LogP contribution in [0.5, 0.6) is 0 Å². The minimum atomic E-state index is -4.31. The van der Waals surface area contributed by atoms with Gasteiger partial charge in [0.05, 0.1) is 5.56 Å². The number of hydrogen-bond acceptors (Lipinski definition) is 1. The molecule has 0 radical (unpaired) electrons. The Morgan fingerprint density at radius 3 is 2.05 bits per heavy atom. The summed E-state index contributed by atoms with van der Waals surface area (Å²) in [4.78, 5) is 0. The molecule has 0 bridgehead atoms. The molecule has 0 aliphatic rings. The molecule has 0 fully saturated rings. The molecule has 118 valence electrons. The largest absolute Gasteiger partial charge is 0.416 e. The van der Waals surface area contributed by atoms with Gasteiger partial charge >= 0.3 is 6.18 Å². The third kappa shape index (κ3) is 4.26. The first-order valence-corrected chi connectivity index (χ1v) is 7.17. The lowest BCUT2D eigenvalue weighted by Crippen LogP contribution is -2.11. The van der Waals surface area contributed by atoms with Gasteiger partial charge in [-0.25, -0.2) is 0 Å². The van der Waals surface area contributed by atoms with Crippen molar-refractivity contribution in [3.05, 3.63) is 65.2 Å². The van der Waals surface area contributed by atoms with Crippen LogP contribution in [0.1, 0.15) is 37.5 Å². The summed E-state index contributed by atoms with van der Waals surface area (Å²) in [5.74, 6) is 0. The maximum absolute atomic E-state index is 12.7. The number of hydrogen-bond donors (Lipinski definition) is 1. The maximum atomic E-state index is 12.7. The lowest BCUT2D eigenvalue weighted by atomic mass is 9.87. The Labute approximate surface area is 129 Å². The summed E-state index contributed by atoms with van der Waals surface area (Å²) in [7, 11) is 0. The zero-order chi connectivity index (χ0) is 16.4. The fourth-order valence-electron chi connectivity index (χ4n) is 2.13. The van der Waals surface area contributed by atoms with E-state index in [4.69, 9.17) is 0 Å². The fraction of sp³-hybridized carbons (Fsp3) is 0.333. The topological polar surface area (TPSA) is 12.0 Å². The van der Waals surface area contributed by atoms with Gasteiger partial charge < -0.3 is 5.32 Å². The van der Waals surface area contributed by atoms with Gasteiger partial charge in [0.1, 0.15) is 0 Å². The van der Waals surface area contributed by atoms with Gasteiger partial charge in [0.2, 0.25) is 0 Å². The second-order valence-electron chi connectivity index (χ2n) is 6.38. The Morgan fingerprint density at radius 1 is 0.864 bits per heavy atom. The Bertz CT molecular complexity index is 622. The molecular formula is C18H20F3N. The highest BCUT2D eigenvalue weighted by molar-refractivity contribution is 5.47. The maximum Gasteiger partial charge on any atom is 0.416 e. The van der Waals surface area contributed by atoms with Gasteiger partial charge in [0, 0.05) is 12.2 Å². The highest BCUT2D eigenvalue weighted by atomic mass is 19.4. The third-order valence-corrected chi connectivity index (χ3v) is 3.51. The molecule has 1 nitrogen and oxygen atoms in total. The molecule has 0 amide bonds. The number of anilines is 1. The summed E-state index contributed by atoms with van der Waals surface area (Å²) < 4.78 is 38.0. The van der Waals surface area contributed by atoms with Crippen LogP contribution in [0, 0.1) is 0 Å². The third-order valence-electron chi connectivity index (χ3n) is 3.51. The number of benzene rings is 2. The predicted octanol–water partition coefficient (Wildman–Crippen LogP) is 5.62. The van der Waals surface area contributed by atoms with Crippen LogP contribution in [-0.4, -0.2) is 0 Å². The van der Waals surface area contributed by atoms with Crippen LogP contribution >= 0.6 is 0 Å². The van der Waals surface area contributed by atoms with Gasteiger partial charge in [-0.2, -0.15) is 13.2 Å². The molecular weight excluding hydrogens is 287 g/mol. The van der Waals surface area contributed by atoms with E-state index in [9.17, 15) is 13.2 Å². The molecule has 0 unspecified atom stereocenters. The molecule has 0 heterocycles. The molecule has 0 aromatic heterocycles. The number of nitrogens with one attached hydrogen (secondary N) is 1. The smallest absolute Gasteiger partial charge is 0.381 e. The van der Waals surface area contributed by atoms with Gasteiger partial charge in [-0.1, -0.05) is 51.1 Å². The average Bonchev–Trinajstić information content (AvgIpc) is 2.44. The number of rotatable bonds is 3. The molecule has 2 aromatic carbocycles. The Hall–Kier alpha value is -1.97. The summed E-state index contributed by atoms with van der Waals surface area (Å²) in [6.45, 7) is 6.92. The van der Waals surface area contributed by atoms with E-state index in [1.807, 2.05) is 12.1 Å². The van der Waals surface area contributed by atoms with E-state index < -0.39 is 11.7 Å². The van der Waals surface area contributed by atoms with Crippen molar-refractivity contribution in [3.8, 4) is 0 Å². The highest BCUT2D eigenvalue weighted by Gasteiger charge is 2.30. The molecule has 0 atom stereocenters. The van der Waals surface area contributed by atoms with Crippen molar-refractivity contribution in [1.29, 1.82) is 0 Å². The number of halogens is 3. The molecule has 0 aliphatic heterocycles. The fourth-order valence-corrected chi connectivity index (χ4v) is 2.13. The van der Waals surface area contributed by atoms with Crippen molar-refractivity contribution in [2.45, 2.75) is 38.9 Å². The summed E-state index contributed by atoms with van der Waals surface area (Å²) in [6.07, 6.45) is -4.31. The second kappa shape index (κ2) is 6.03. The summed E-state index contributed by atoms with van der Waals surface area (Å²) in [5, 5.41) is 3.03. The van der Waals surface area contributed by atoms with Crippen LogP contribution in [0.2, 0.25) is 0 Å². The first-order chi connectivity index (χ1) is 10.2. The van der Waals surface area contributed by atoms with Crippen molar-refractivity contribution in [2.24, 2.45) is 0 Å². The van der Waals surface area contributed by atoms with Crippen molar-refractivity contribution < 1.29 is 13.2 Å². The Morgan fingerprint density at radius 2 is 1.50 bits per heavy atom. The van der Waals surface area contributed by atoms with Gasteiger partial charge in [-0.05, 0) is 34.7 Å². The predicted molar refractivity (Wildman–Crippen MR) is 83.9 cm³/mol. The first kappa shape index (κ1) is 16.4. The Balaban J connectivity index is 2.04. The quantitative estimate of drug-likeness (QED) is 0.776. The van der Waals surface area contributed by atoms with E-state index in [0.29, 0.717) is 12.2 Å². The van der Waals surface area contributed by atoms with E-state index in [0.717, 1.165) is 17.7 Å². The van der Waals surface area contributed by atoms with E-state index in [1.165, 1.54) is 11.6 Å². The highest BCUT2D eigenvalue weighted by Crippen LogP contribution is 2.30. The van der Waals surface area contributed by atoms with E-state index >= 15 is 0 Å². The molecule has 0 saturated carbocycles. The van der Waals surface area contributed by atoms with Crippen LogP contribution in [0.15, 0.2) is 48.5 Å². The first-order valence-electron chi connectivity index (χ1n) is 7.17. The van der Waals surface area contributed by atoms with Gasteiger partial charge in [-0.15, -0.1) is 0 Å². The van der Waals surface area contributed by atoms with Crippen molar-refractivity contribution in [3.63, 3.8) is 0 Å². The van der Waals surface area contributed by atoms with Gasteiger partial charge in [0.15, 0.2) is 0 Å². The molecule has 4 heteroatoms. The van der Waals surface area contributed by atoms with Crippen molar-refractivity contribution in [2.75, 3.05) is 5.32 Å². The molecule has 22 heavy (non-hydrogen) atoms. The minimum Gasteiger partial charge on any atom is -0.381 e. The zero-order valence-corrected chi connectivity index (χ0v) is 13.0. The van der Waals surface area contributed by atoms with E-state index in [1.54, 1.807) is 6.07 Å². The molecule has 1 N–H and O–H groups in total. The van der Waals surface area contributed by atoms with Crippen molar-refractivity contribution in [1.82, 2.24) is 0 Å². The van der Waals surface area contributed by atoms with Crippen LogP contribution in [0.25, 0.3) is 0 Å². The standard InChI is InChI=1S/C18H20F3N/c1-17(2,3)14-9-7-13(8-10-14)12-22-16-6-4-5-15(11-16)18(19,20)21/h4-11,22H,12H2,1-3H3. The lowest BCUT2D eigenvalue weighted by molar-refractivity contribution is -0.137. The Kier molecular flexibility index (Phi) is 4.50. The lowest BCUT2D eigenvalue weighted by Gasteiger charge is -2.19. The van der Waals surface area contributed by atoms with E-state index in [-0.39, 0.29) is 5.41 Å². The van der Waals surface area contributed by atoms with Crippen LogP contribution < -0.4 is 5.32 Å². The summed E-state index contributed by atoms with van der Waals surface area (Å²) >= 11 is 0. The molecule has 0 saturated heterocycles. The van der Waals surface area contributed by atoms with Gasteiger partial charge in [0.25, 0.3) is 0 Å². The van der Waals surface area contributed by atoms with Crippen LogP contribution in [0.3, 0.4) is 0 Å². The van der Waals surface area contributed by atoms with Crippen molar-refractivity contribution >= 4 is 5.69 Å². The molecule has 0 spiro atoms. The van der Waals surface area contributed by atoms with Crippen LogP contribution in [0.4, 0.5) is 18.9 Å². The molecule has 2 aromatic rings. The monoisotopic (exact) mass is 307 g/mol. The normalized spacial score (nSPS) is 12.3. The summed E-state index contributed by atoms with van der Waals surface area (Å²) in [5.41, 5.74) is 2.18. The SMILES string of the molecule is CC(C)(C)c1ccc(CNc2cccc(C(F)(F)F)c2)cc1. The summed E-state index contributed by atoms with van der Waals surface area (Å²) in [6, 6.07) is 13.4. The van der Waals surface area contributed by atoms with Gasteiger partial charge in [-0.3, -0.25) is 0 Å². The minimum absolute atomic E-state index is 0.0903. The average molecular weight is 307 g/mol. The number of alkyl halides is 3. The molecule has 0 aliphatic carbocycles. The van der Waals surface area contributed by atoms with E-state index in [2.05, 4.69) is 38.2 Å². The second-order valence-corrected chi connectivity index (χ2v) is 6.38. The molecule has 2 rings (SSSR count).